The van der Waals surface area contributed by atoms with E-state index in [9.17, 15) is 4.79 Å². The van der Waals surface area contributed by atoms with Crippen molar-refractivity contribution in [2.75, 3.05) is 13.7 Å². The normalized spacial score (nSPS) is 23.2. The van der Waals surface area contributed by atoms with Crippen molar-refractivity contribution in [2.24, 2.45) is 35.5 Å². The number of hydrogen-bond acceptors (Lipinski definition) is 8. The van der Waals surface area contributed by atoms with E-state index in [4.69, 9.17) is 27.2 Å². The molecule has 65 heavy (non-hydrogen) atoms. The zero-order valence-corrected chi connectivity index (χ0v) is 43.8. The van der Waals surface area contributed by atoms with Crippen molar-refractivity contribution in [3.63, 3.8) is 0 Å². The number of phosphoric acid groups is 1. The summed E-state index contributed by atoms with van der Waals surface area (Å²) >= 11 is 0. The standard InChI is InChI=1S/C54H75O8PSi2/c1-38(2)64(39(3)4,40(5)6)62-49-34-33-41(7)52-47(49)35-42(8)53(48(52)37-58-65(54(9,10)11,45-29-21-15-22-30-45)46-31-23-16-24-32-46)50(36-51(55)57-12)61-63(56,59-43-25-17-13-18-26-43)60-44-27-19-14-20-28-44/h13-32,36,38-42,47-49,52-53H,33-35,37H2,1-12H3/t41-,42-,47-,48-,49-,52+,53?/m0/s1. The molecule has 1 unspecified atom stereocenters. The van der Waals surface area contributed by atoms with E-state index in [2.05, 4.69) is 137 Å². The lowest BCUT2D eigenvalue weighted by molar-refractivity contribution is -0.135. The highest BCUT2D eigenvalue weighted by molar-refractivity contribution is 7.49. The third-order valence-electron chi connectivity index (χ3n) is 14.6. The van der Waals surface area contributed by atoms with Crippen molar-refractivity contribution in [1.82, 2.24) is 0 Å². The van der Waals surface area contributed by atoms with Crippen LogP contribution in [0.5, 0.6) is 11.5 Å². The van der Waals surface area contributed by atoms with E-state index in [1.54, 1.807) is 48.5 Å². The molecule has 0 amide bonds. The Labute approximate surface area is 392 Å². The van der Waals surface area contributed by atoms with Crippen LogP contribution in [0, 0.1) is 35.5 Å². The Bertz CT molecular complexity index is 2090. The molecule has 0 radical (unpaired) electrons. The highest BCUT2D eigenvalue weighted by atomic mass is 31.2. The summed E-state index contributed by atoms with van der Waals surface area (Å²) in [7, 11) is -8.53. The molecule has 6 rings (SSSR count). The maximum absolute atomic E-state index is 15.4. The second kappa shape index (κ2) is 21.4. The van der Waals surface area contributed by atoms with Crippen LogP contribution < -0.4 is 19.4 Å². The minimum atomic E-state index is -4.53. The van der Waals surface area contributed by atoms with Gasteiger partial charge in [0.15, 0.2) is 0 Å². The van der Waals surface area contributed by atoms with Gasteiger partial charge in [-0.2, -0.15) is 4.57 Å². The van der Waals surface area contributed by atoms with Gasteiger partial charge in [0, 0.05) is 18.6 Å². The molecule has 11 heteroatoms. The number of allylic oxidation sites excluding steroid dienone is 1. The summed E-state index contributed by atoms with van der Waals surface area (Å²) in [6.45, 7) is 26.1. The number of para-hydroxylation sites is 2. The van der Waals surface area contributed by atoms with Crippen molar-refractivity contribution in [3.8, 4) is 11.5 Å². The number of ether oxygens (including phenoxy) is 1. The minimum Gasteiger partial charge on any atom is -0.466 e. The average Bonchev–Trinajstić information content (AvgIpc) is 3.26. The van der Waals surface area contributed by atoms with Crippen LogP contribution in [0.15, 0.2) is 133 Å². The molecule has 2 saturated carbocycles. The van der Waals surface area contributed by atoms with Crippen LogP contribution in [-0.2, 0) is 27.5 Å². The number of phosphoric ester groups is 1. The van der Waals surface area contributed by atoms with E-state index >= 15 is 4.57 Å². The number of carbonyl (C=O) groups excluding carboxylic acids is 1. The summed E-state index contributed by atoms with van der Waals surface area (Å²) in [5.41, 5.74) is 1.32. The molecule has 7 atom stereocenters. The summed E-state index contributed by atoms with van der Waals surface area (Å²) in [6.07, 6.45) is 4.24. The second-order valence-corrected chi connectivity index (χ2v) is 31.7. The van der Waals surface area contributed by atoms with Crippen LogP contribution in [0.4, 0.5) is 0 Å². The van der Waals surface area contributed by atoms with Gasteiger partial charge in [0.25, 0.3) is 8.32 Å². The zero-order valence-electron chi connectivity index (χ0n) is 40.9. The van der Waals surface area contributed by atoms with Crippen molar-refractivity contribution < 1.29 is 36.5 Å². The number of carbonyl (C=O) groups is 1. The fourth-order valence-corrected chi connectivity index (χ4v) is 23.6. The van der Waals surface area contributed by atoms with Crippen LogP contribution in [0.1, 0.15) is 95.4 Å². The number of methoxy groups -OCH3 is 1. The van der Waals surface area contributed by atoms with Gasteiger partial charge in [0.2, 0.25) is 8.32 Å². The van der Waals surface area contributed by atoms with Crippen LogP contribution in [0.3, 0.4) is 0 Å². The lowest BCUT2D eigenvalue weighted by atomic mass is 9.54. The summed E-state index contributed by atoms with van der Waals surface area (Å²) in [5, 5.41) is 2.10. The molecule has 4 aromatic rings. The molecule has 2 aliphatic rings. The number of esters is 1. The molecule has 2 fully saturated rings. The minimum absolute atomic E-state index is 0.0635. The molecule has 8 nitrogen and oxygen atoms in total. The Morgan fingerprint density at radius 1 is 0.708 bits per heavy atom. The summed E-state index contributed by atoms with van der Waals surface area (Å²) in [5.74, 6) is 0.124. The van der Waals surface area contributed by atoms with Gasteiger partial charge in [-0.1, -0.05) is 173 Å². The molecular weight excluding hydrogens is 864 g/mol. The molecule has 352 valence electrons. The largest absolute Gasteiger partial charge is 0.646 e. The van der Waals surface area contributed by atoms with Crippen molar-refractivity contribution >= 4 is 40.8 Å². The van der Waals surface area contributed by atoms with Crippen molar-refractivity contribution in [3.05, 3.63) is 133 Å². The first-order valence-electron chi connectivity index (χ1n) is 23.9. The first-order valence-corrected chi connectivity index (χ1v) is 29.4. The van der Waals surface area contributed by atoms with Gasteiger partial charge >= 0.3 is 13.8 Å². The quantitative estimate of drug-likeness (QED) is 0.0320. The lowest BCUT2D eigenvalue weighted by Crippen LogP contribution is -2.67. The van der Waals surface area contributed by atoms with E-state index in [0.717, 1.165) is 19.3 Å². The maximum Gasteiger partial charge on any atom is 0.646 e. The third kappa shape index (κ3) is 10.9. The number of benzene rings is 4. The Morgan fingerprint density at radius 3 is 1.60 bits per heavy atom. The zero-order chi connectivity index (χ0) is 47.2. The maximum atomic E-state index is 15.4. The van der Waals surface area contributed by atoms with Gasteiger partial charge in [-0.3, -0.25) is 0 Å². The van der Waals surface area contributed by atoms with E-state index in [-0.39, 0.29) is 40.6 Å². The third-order valence-corrected chi connectivity index (χ3v) is 27.1. The first-order chi connectivity index (χ1) is 30.9. The van der Waals surface area contributed by atoms with Crippen LogP contribution in [0.2, 0.25) is 21.7 Å². The van der Waals surface area contributed by atoms with Crippen LogP contribution in [-0.4, -0.2) is 42.4 Å². The van der Waals surface area contributed by atoms with Crippen molar-refractivity contribution in [1.29, 1.82) is 0 Å². The van der Waals surface area contributed by atoms with E-state index < -0.39 is 36.3 Å². The van der Waals surface area contributed by atoms with E-state index in [0.29, 0.717) is 40.6 Å². The van der Waals surface area contributed by atoms with Gasteiger partial charge in [0.1, 0.15) is 17.3 Å². The number of rotatable bonds is 18. The predicted molar refractivity (Wildman–Crippen MR) is 269 cm³/mol. The molecule has 0 spiro atoms. The fourth-order valence-electron chi connectivity index (χ4n) is 12.1. The molecule has 0 heterocycles. The molecule has 2 aliphatic carbocycles. The highest BCUT2D eigenvalue weighted by Gasteiger charge is 2.57. The second-order valence-electron chi connectivity index (χ2n) is 20.6. The molecule has 0 aliphatic heterocycles. The fraction of sp³-hybridized carbons (Fsp3) is 0.500. The molecule has 0 N–H and O–H groups in total. The topological polar surface area (TPSA) is 89.5 Å². The molecule has 0 saturated heterocycles. The summed E-state index contributed by atoms with van der Waals surface area (Å²) in [4.78, 5) is 13.7. The Balaban J connectivity index is 1.54. The van der Waals surface area contributed by atoms with E-state index in [1.165, 1.54) is 23.6 Å². The van der Waals surface area contributed by atoms with Crippen molar-refractivity contribution in [2.45, 2.75) is 123 Å². The average molecular weight is 939 g/mol. The number of hydrogen-bond donors (Lipinski definition) is 0. The lowest BCUT2D eigenvalue weighted by Gasteiger charge is -2.57. The van der Waals surface area contributed by atoms with Gasteiger partial charge in [-0.15, -0.1) is 0 Å². The first kappa shape index (κ1) is 50.5. The summed E-state index contributed by atoms with van der Waals surface area (Å²) < 4.78 is 55.6. The molecule has 0 bridgehead atoms. The Kier molecular flexibility index (Phi) is 16.6. The van der Waals surface area contributed by atoms with Crippen LogP contribution in [0.25, 0.3) is 0 Å². The monoisotopic (exact) mass is 938 g/mol. The van der Waals surface area contributed by atoms with E-state index in [1.807, 2.05) is 12.1 Å². The summed E-state index contributed by atoms with van der Waals surface area (Å²) in [6, 6.07) is 39.2. The Hall–Kier alpha value is -3.93. The van der Waals surface area contributed by atoms with Gasteiger partial charge < -0.3 is 27.2 Å². The SMILES string of the molecule is COC(=O)C=C(OP(=O)(Oc1ccccc1)Oc1ccccc1)C1[C@@H](CO[Si](c2ccccc2)(c2ccccc2)C(C)(C)C)[C@H]2[C@@H](C[C@@H]1C)[C@@H](O[Si](C(C)C)(C(C)C)C(C)C)CC[C@@H]2C. The number of fused-ring (bicyclic) bond motifs is 1. The highest BCUT2D eigenvalue weighted by Crippen LogP contribution is 2.59. The van der Waals surface area contributed by atoms with Crippen LogP contribution >= 0.6 is 7.82 Å². The van der Waals surface area contributed by atoms with Gasteiger partial charge in [-0.25, -0.2) is 4.79 Å². The molecular formula is C54H75O8PSi2. The Morgan fingerprint density at radius 2 is 1.17 bits per heavy atom. The molecule has 0 aromatic heterocycles. The smallest absolute Gasteiger partial charge is 0.466 e. The molecule has 4 aromatic carbocycles. The predicted octanol–water partition coefficient (Wildman–Crippen LogP) is 13.4. The van der Waals surface area contributed by atoms with Gasteiger partial charge in [-0.05, 0) is 105 Å². The van der Waals surface area contributed by atoms with Gasteiger partial charge in [0.05, 0.1) is 13.2 Å².